The topological polar surface area (TPSA) is 43.7 Å². The molecular weight excluding hydrogens is 165 g/mol. The van der Waals surface area contributed by atoms with E-state index in [9.17, 15) is 0 Å². The second-order valence-electron chi connectivity index (χ2n) is 3.46. The molecule has 78 valence electrons. The summed E-state index contributed by atoms with van der Waals surface area (Å²) >= 11 is 0. The summed E-state index contributed by atoms with van der Waals surface area (Å²) in [6.07, 6.45) is 3.70. The van der Waals surface area contributed by atoms with E-state index in [2.05, 4.69) is 18.7 Å². The van der Waals surface area contributed by atoms with E-state index in [1.807, 2.05) is 0 Å². The molecule has 4 heteroatoms. The van der Waals surface area contributed by atoms with Crippen LogP contribution in [0.4, 0.5) is 0 Å². The molecule has 2 N–H and O–H groups in total. The fraction of sp³-hybridized carbons (Fsp3) is 1.00. The number of rotatable bonds is 8. The molecule has 0 aliphatic rings. The van der Waals surface area contributed by atoms with Gasteiger partial charge in [-0.05, 0) is 45.2 Å². The zero-order valence-corrected chi connectivity index (χ0v) is 8.87. The molecule has 0 unspecified atom stereocenters. The summed E-state index contributed by atoms with van der Waals surface area (Å²) < 4.78 is 0. The van der Waals surface area contributed by atoms with Gasteiger partial charge in [-0.1, -0.05) is 13.8 Å². The predicted molar refractivity (Wildman–Crippen MR) is 56.6 cm³/mol. The minimum absolute atomic E-state index is 0.490. The summed E-state index contributed by atoms with van der Waals surface area (Å²) in [7, 11) is -1.13. The van der Waals surface area contributed by atoms with Gasteiger partial charge in [-0.15, -0.1) is 0 Å². The molecule has 0 saturated heterocycles. The van der Waals surface area contributed by atoms with Crippen molar-refractivity contribution in [1.82, 2.24) is 4.90 Å². The molecule has 0 atom stereocenters. The molecule has 0 rings (SSSR count). The minimum atomic E-state index is -1.13. The minimum Gasteiger partial charge on any atom is -0.427 e. The Balaban J connectivity index is 3.44. The van der Waals surface area contributed by atoms with Gasteiger partial charge in [0.25, 0.3) is 0 Å². The van der Waals surface area contributed by atoms with Crippen LogP contribution in [-0.4, -0.2) is 41.7 Å². The number of hydrogen-bond acceptors (Lipinski definition) is 3. The molecule has 0 saturated carbocycles. The Hall–Kier alpha value is -0.0551. The van der Waals surface area contributed by atoms with E-state index in [0.29, 0.717) is 6.32 Å². The van der Waals surface area contributed by atoms with Crippen molar-refractivity contribution < 1.29 is 10.0 Å². The van der Waals surface area contributed by atoms with Crippen LogP contribution >= 0.6 is 0 Å². The van der Waals surface area contributed by atoms with Gasteiger partial charge in [0.2, 0.25) is 0 Å². The average molecular weight is 187 g/mol. The van der Waals surface area contributed by atoms with Gasteiger partial charge in [0.15, 0.2) is 0 Å². The van der Waals surface area contributed by atoms with Crippen molar-refractivity contribution in [2.45, 2.75) is 39.4 Å². The molecule has 13 heavy (non-hydrogen) atoms. The van der Waals surface area contributed by atoms with E-state index in [1.54, 1.807) is 0 Å². The van der Waals surface area contributed by atoms with Crippen molar-refractivity contribution in [3.8, 4) is 0 Å². The Morgan fingerprint density at radius 2 is 1.54 bits per heavy atom. The highest BCUT2D eigenvalue weighted by atomic mass is 16.4. The zero-order valence-electron chi connectivity index (χ0n) is 8.87. The molecule has 3 nitrogen and oxygen atoms in total. The van der Waals surface area contributed by atoms with Gasteiger partial charge >= 0.3 is 7.12 Å². The van der Waals surface area contributed by atoms with Crippen molar-refractivity contribution in [3.63, 3.8) is 0 Å². The van der Waals surface area contributed by atoms with Gasteiger partial charge < -0.3 is 14.9 Å². The first-order chi connectivity index (χ1) is 6.20. The van der Waals surface area contributed by atoms with Crippen molar-refractivity contribution in [1.29, 1.82) is 0 Å². The summed E-state index contributed by atoms with van der Waals surface area (Å²) in [5.41, 5.74) is 0. The van der Waals surface area contributed by atoms with Crippen LogP contribution in [0.1, 0.15) is 33.1 Å². The molecule has 0 aliphatic carbocycles. The second-order valence-corrected chi connectivity index (χ2v) is 3.46. The maximum Gasteiger partial charge on any atom is 0.451 e. The van der Waals surface area contributed by atoms with Crippen molar-refractivity contribution in [3.05, 3.63) is 0 Å². The third-order valence-electron chi connectivity index (χ3n) is 2.02. The summed E-state index contributed by atoms with van der Waals surface area (Å²) in [4.78, 5) is 2.38. The van der Waals surface area contributed by atoms with E-state index >= 15 is 0 Å². The molecule has 0 amide bonds. The van der Waals surface area contributed by atoms with Crippen LogP contribution < -0.4 is 0 Å². The SMILES string of the molecule is CCCN(CCC)CCCB(O)O. The molecule has 0 bridgehead atoms. The molecule has 0 spiro atoms. The van der Waals surface area contributed by atoms with Gasteiger partial charge in [-0.2, -0.15) is 0 Å². The third-order valence-corrected chi connectivity index (χ3v) is 2.02. The molecule has 0 fully saturated rings. The van der Waals surface area contributed by atoms with Gasteiger partial charge in [0, 0.05) is 0 Å². The Bertz CT molecular complexity index is 106. The lowest BCUT2D eigenvalue weighted by atomic mass is 9.84. The van der Waals surface area contributed by atoms with Crippen LogP contribution in [0, 0.1) is 0 Å². The van der Waals surface area contributed by atoms with Crippen LogP contribution in [-0.2, 0) is 0 Å². The van der Waals surface area contributed by atoms with Gasteiger partial charge in [-0.25, -0.2) is 0 Å². The fourth-order valence-corrected chi connectivity index (χ4v) is 1.47. The van der Waals surface area contributed by atoms with Gasteiger partial charge in [0.1, 0.15) is 0 Å². The Labute approximate surface area is 81.9 Å². The lowest BCUT2D eigenvalue weighted by Gasteiger charge is -2.20. The smallest absolute Gasteiger partial charge is 0.427 e. The number of nitrogens with zero attached hydrogens (tertiary/aromatic N) is 1. The second kappa shape index (κ2) is 8.54. The fourth-order valence-electron chi connectivity index (χ4n) is 1.47. The van der Waals surface area contributed by atoms with E-state index in [-0.39, 0.29) is 0 Å². The average Bonchev–Trinajstić information content (AvgIpc) is 2.04. The predicted octanol–water partition coefficient (Wildman–Crippen LogP) is 0.971. The normalized spacial score (nSPS) is 10.8. The molecule has 0 aromatic heterocycles. The first-order valence-corrected chi connectivity index (χ1v) is 5.29. The van der Waals surface area contributed by atoms with Crippen LogP contribution in [0.2, 0.25) is 6.32 Å². The van der Waals surface area contributed by atoms with E-state index in [1.165, 1.54) is 12.8 Å². The molecular formula is C9H22BNO2. The van der Waals surface area contributed by atoms with Crippen molar-refractivity contribution >= 4 is 7.12 Å². The highest BCUT2D eigenvalue weighted by molar-refractivity contribution is 6.40. The lowest BCUT2D eigenvalue weighted by Crippen LogP contribution is -2.27. The molecule has 0 aromatic rings. The molecule has 0 radical (unpaired) electrons. The maximum atomic E-state index is 8.66. The van der Waals surface area contributed by atoms with E-state index < -0.39 is 7.12 Å². The summed E-state index contributed by atoms with van der Waals surface area (Å²) in [6.45, 7) is 7.57. The van der Waals surface area contributed by atoms with Crippen LogP contribution in [0.25, 0.3) is 0 Å². The van der Waals surface area contributed by atoms with Crippen molar-refractivity contribution in [2.75, 3.05) is 19.6 Å². The molecule has 0 aromatic carbocycles. The quantitative estimate of drug-likeness (QED) is 0.556. The first kappa shape index (κ1) is 12.9. The highest BCUT2D eigenvalue weighted by Crippen LogP contribution is 1.99. The molecule has 0 aliphatic heterocycles. The highest BCUT2D eigenvalue weighted by Gasteiger charge is 2.07. The van der Waals surface area contributed by atoms with E-state index in [0.717, 1.165) is 26.1 Å². The van der Waals surface area contributed by atoms with Crippen molar-refractivity contribution in [2.24, 2.45) is 0 Å². The first-order valence-electron chi connectivity index (χ1n) is 5.29. The largest absolute Gasteiger partial charge is 0.451 e. The Kier molecular flexibility index (Phi) is 8.50. The van der Waals surface area contributed by atoms with Crippen LogP contribution in [0.5, 0.6) is 0 Å². The Morgan fingerprint density at radius 3 is 1.92 bits per heavy atom. The third kappa shape index (κ3) is 8.28. The Morgan fingerprint density at radius 1 is 1.00 bits per heavy atom. The lowest BCUT2D eigenvalue weighted by molar-refractivity contribution is 0.272. The summed E-state index contributed by atoms with van der Waals surface area (Å²) in [5.74, 6) is 0. The summed E-state index contributed by atoms with van der Waals surface area (Å²) in [6, 6.07) is 0. The van der Waals surface area contributed by atoms with E-state index in [4.69, 9.17) is 10.0 Å². The van der Waals surface area contributed by atoms with Gasteiger partial charge in [0.05, 0.1) is 0 Å². The molecule has 0 heterocycles. The zero-order chi connectivity index (χ0) is 10.1. The standard InChI is InChI=1S/C9H22BNO2/c1-3-7-11(8-4-2)9-5-6-10(12)13/h12-13H,3-9H2,1-2H3. The maximum absolute atomic E-state index is 8.66. The van der Waals surface area contributed by atoms with Gasteiger partial charge in [-0.3, -0.25) is 0 Å². The van der Waals surface area contributed by atoms with Crippen LogP contribution in [0.15, 0.2) is 0 Å². The monoisotopic (exact) mass is 187 g/mol. The number of hydrogen-bond donors (Lipinski definition) is 2. The van der Waals surface area contributed by atoms with Crippen LogP contribution in [0.3, 0.4) is 0 Å². The summed E-state index contributed by atoms with van der Waals surface area (Å²) in [5, 5.41) is 17.3.